The van der Waals surface area contributed by atoms with Gasteiger partial charge in [-0.3, -0.25) is 28.8 Å². The maximum absolute atomic E-state index is 13.6. The van der Waals surface area contributed by atoms with Crippen LogP contribution in [-0.4, -0.2) is 82.4 Å². The second-order valence-electron chi connectivity index (χ2n) is 17.6. The molecule has 0 aromatic heterocycles. The molecule has 3 aliphatic rings. The summed E-state index contributed by atoms with van der Waals surface area (Å²) in [5.41, 5.74) is -2.50. The molecule has 7 atom stereocenters. The summed E-state index contributed by atoms with van der Waals surface area (Å²) < 4.78 is 10.8. The first kappa shape index (κ1) is 44.0. The minimum Gasteiger partial charge on any atom is -0.461 e. The summed E-state index contributed by atoms with van der Waals surface area (Å²) in [4.78, 5) is 92.2. The van der Waals surface area contributed by atoms with E-state index in [1.165, 1.54) is 6.92 Å². The van der Waals surface area contributed by atoms with Gasteiger partial charge in [-0.05, 0) is 99.5 Å². The molecule has 0 bridgehead atoms. The van der Waals surface area contributed by atoms with Gasteiger partial charge in [0.15, 0.2) is 0 Å². The van der Waals surface area contributed by atoms with Crippen molar-refractivity contribution in [2.75, 3.05) is 0 Å². The van der Waals surface area contributed by atoms with Crippen LogP contribution < -0.4 is 31.9 Å². The number of amides is 6. The number of ether oxygens (including phenoxy) is 2. The first-order valence-corrected chi connectivity index (χ1v) is 19.9. The quantitative estimate of drug-likeness (QED) is 0.153. The van der Waals surface area contributed by atoms with Gasteiger partial charge in [-0.15, -0.1) is 0 Å². The summed E-state index contributed by atoms with van der Waals surface area (Å²) in [6.07, 6.45) is 4.74. The van der Waals surface area contributed by atoms with Crippen LogP contribution in [0.5, 0.6) is 0 Å². The van der Waals surface area contributed by atoms with Crippen molar-refractivity contribution in [2.24, 2.45) is 17.8 Å². The van der Waals surface area contributed by atoms with Crippen molar-refractivity contribution >= 4 is 41.6 Å². The Morgan fingerprint density at radius 1 is 0.643 bits per heavy atom. The summed E-state index contributed by atoms with van der Waals surface area (Å²) in [5.74, 6) is -4.13. The number of nitrogens with one attached hydrogen (secondary N) is 6. The number of benzene rings is 1. The van der Waals surface area contributed by atoms with Gasteiger partial charge < -0.3 is 41.4 Å². The van der Waals surface area contributed by atoms with Gasteiger partial charge in [-0.1, -0.05) is 49.6 Å². The van der Waals surface area contributed by atoms with Crippen molar-refractivity contribution in [1.29, 1.82) is 0 Å². The number of carbonyl (C=O) groups is 7. The maximum atomic E-state index is 13.6. The van der Waals surface area contributed by atoms with Crippen molar-refractivity contribution in [1.82, 2.24) is 31.9 Å². The standard InChI is InChI=1S/C41H62N6O9/c1-24(42-38(54)56-39(2,3)4)32(48)43-29-20-12-17-26(29)33(49)46-40(5,6)36(52)44-30-21-13-18-27(30)34(50)47-41(7,8)37(53)45-31-22-14-19-28(31)35(51)55-23-25-15-10-9-11-16-25/h9-11,15-16,24,26-31H,12-14,17-23H2,1-8H3,(H,42,54)(H,43,48)(H,44,52)(H,45,53)(H,46,49)(H,47,50)/t24-,26-,27-,28-,29-,30-,31-/m0/s1. The van der Waals surface area contributed by atoms with E-state index in [0.717, 1.165) is 12.0 Å². The van der Waals surface area contributed by atoms with Gasteiger partial charge in [0.05, 0.1) is 17.8 Å². The highest BCUT2D eigenvalue weighted by Crippen LogP contribution is 2.30. The number of hydrogen-bond donors (Lipinski definition) is 6. The normalized spacial score (nSPS) is 24.3. The third-order valence-corrected chi connectivity index (χ3v) is 10.8. The first-order chi connectivity index (χ1) is 26.2. The third-order valence-electron chi connectivity index (χ3n) is 10.8. The van der Waals surface area contributed by atoms with Crippen molar-refractivity contribution in [3.8, 4) is 0 Å². The molecule has 1 aromatic carbocycles. The van der Waals surface area contributed by atoms with Crippen LogP contribution in [0.4, 0.5) is 4.79 Å². The van der Waals surface area contributed by atoms with E-state index in [9.17, 15) is 33.6 Å². The van der Waals surface area contributed by atoms with Crippen molar-refractivity contribution in [2.45, 2.75) is 161 Å². The summed E-state index contributed by atoms with van der Waals surface area (Å²) in [6, 6.07) is 7.06. The van der Waals surface area contributed by atoms with E-state index < -0.39 is 82.4 Å². The molecule has 0 unspecified atom stereocenters. The molecular weight excluding hydrogens is 720 g/mol. The molecule has 6 amide bonds. The predicted octanol–water partition coefficient (Wildman–Crippen LogP) is 3.29. The van der Waals surface area contributed by atoms with Crippen molar-refractivity contribution in [3.63, 3.8) is 0 Å². The Morgan fingerprint density at radius 2 is 1.09 bits per heavy atom. The Morgan fingerprint density at radius 3 is 1.57 bits per heavy atom. The number of hydrogen-bond acceptors (Lipinski definition) is 9. The summed E-state index contributed by atoms with van der Waals surface area (Å²) in [7, 11) is 0. The van der Waals surface area contributed by atoms with Crippen LogP contribution in [0, 0.1) is 17.8 Å². The van der Waals surface area contributed by atoms with E-state index in [2.05, 4.69) is 31.9 Å². The van der Waals surface area contributed by atoms with Crippen molar-refractivity contribution in [3.05, 3.63) is 35.9 Å². The molecule has 310 valence electrons. The molecule has 1 aromatic rings. The van der Waals surface area contributed by atoms with E-state index in [-0.39, 0.29) is 24.4 Å². The zero-order chi connectivity index (χ0) is 41.4. The minimum atomic E-state index is -1.34. The monoisotopic (exact) mass is 782 g/mol. The molecule has 0 heterocycles. The lowest BCUT2D eigenvalue weighted by Crippen LogP contribution is -2.61. The lowest BCUT2D eigenvalue weighted by atomic mass is 9.95. The molecule has 3 fully saturated rings. The molecule has 15 heteroatoms. The van der Waals surface area contributed by atoms with E-state index >= 15 is 0 Å². The molecule has 4 rings (SSSR count). The number of carbonyl (C=O) groups excluding carboxylic acids is 7. The maximum Gasteiger partial charge on any atom is 0.408 e. The number of rotatable bonds is 14. The lowest BCUT2D eigenvalue weighted by Gasteiger charge is -2.33. The average Bonchev–Trinajstić information content (AvgIpc) is 3.88. The smallest absolute Gasteiger partial charge is 0.408 e. The SMILES string of the molecule is C[C@H](NC(=O)OC(C)(C)C)C(=O)N[C@H]1CCC[C@@H]1C(=O)NC(C)(C)C(=O)N[C@H]1CCC[C@@H]1C(=O)NC(C)(C)C(=O)N[C@H]1CCC[C@@H]1C(=O)OCc1ccccc1. The minimum absolute atomic E-state index is 0.152. The largest absolute Gasteiger partial charge is 0.461 e. The zero-order valence-electron chi connectivity index (χ0n) is 34.2. The van der Waals surface area contributed by atoms with Gasteiger partial charge >= 0.3 is 12.1 Å². The second-order valence-corrected chi connectivity index (χ2v) is 17.6. The van der Waals surface area contributed by atoms with Crippen molar-refractivity contribution < 1.29 is 43.0 Å². The van der Waals surface area contributed by atoms with Crippen LogP contribution in [-0.2, 0) is 44.8 Å². The molecule has 3 aliphatic carbocycles. The Balaban J connectivity index is 1.27. The van der Waals surface area contributed by atoms with E-state index in [0.29, 0.717) is 51.4 Å². The van der Waals surface area contributed by atoms with Gasteiger partial charge in [0.1, 0.15) is 29.3 Å². The molecule has 0 saturated heterocycles. The Hall–Kier alpha value is -4.69. The molecule has 0 spiro atoms. The Labute approximate surface area is 330 Å². The molecule has 15 nitrogen and oxygen atoms in total. The molecule has 0 radical (unpaired) electrons. The van der Waals surface area contributed by atoms with E-state index in [4.69, 9.17) is 9.47 Å². The van der Waals surface area contributed by atoms with Gasteiger partial charge in [0, 0.05) is 18.1 Å². The highest BCUT2D eigenvalue weighted by molar-refractivity contribution is 5.94. The fraction of sp³-hybridized carbons (Fsp3) is 0.683. The number of esters is 1. The van der Waals surface area contributed by atoms with Gasteiger partial charge in [-0.25, -0.2) is 4.79 Å². The van der Waals surface area contributed by atoms with Crippen LogP contribution in [0.1, 0.15) is 119 Å². The fourth-order valence-electron chi connectivity index (χ4n) is 7.61. The zero-order valence-corrected chi connectivity index (χ0v) is 34.2. The predicted molar refractivity (Wildman–Crippen MR) is 207 cm³/mol. The van der Waals surface area contributed by atoms with Crippen LogP contribution in [0.3, 0.4) is 0 Å². The van der Waals surface area contributed by atoms with Gasteiger partial charge in [0.2, 0.25) is 29.5 Å². The third kappa shape index (κ3) is 12.2. The van der Waals surface area contributed by atoms with Crippen LogP contribution in [0.15, 0.2) is 30.3 Å². The molecule has 56 heavy (non-hydrogen) atoms. The first-order valence-electron chi connectivity index (χ1n) is 19.9. The highest BCUT2D eigenvalue weighted by Gasteiger charge is 2.44. The van der Waals surface area contributed by atoms with Crippen LogP contribution >= 0.6 is 0 Å². The fourth-order valence-corrected chi connectivity index (χ4v) is 7.61. The average molecular weight is 783 g/mol. The molecule has 3 saturated carbocycles. The second kappa shape index (κ2) is 18.5. The van der Waals surface area contributed by atoms with Gasteiger partial charge in [-0.2, -0.15) is 0 Å². The lowest BCUT2D eigenvalue weighted by molar-refractivity contribution is -0.151. The highest BCUT2D eigenvalue weighted by atomic mass is 16.6. The van der Waals surface area contributed by atoms with Gasteiger partial charge in [0.25, 0.3) is 0 Å². The van der Waals surface area contributed by atoms with E-state index in [1.54, 1.807) is 48.5 Å². The number of alkyl carbamates (subject to hydrolysis) is 1. The van der Waals surface area contributed by atoms with E-state index in [1.807, 2.05) is 30.3 Å². The summed E-state index contributed by atoms with van der Waals surface area (Å²) in [5, 5.41) is 17.0. The topological polar surface area (TPSA) is 210 Å². The summed E-state index contributed by atoms with van der Waals surface area (Å²) in [6.45, 7) is 13.2. The molecular formula is C41H62N6O9. The van der Waals surface area contributed by atoms with Crippen LogP contribution in [0.2, 0.25) is 0 Å². The van der Waals surface area contributed by atoms with Crippen LogP contribution in [0.25, 0.3) is 0 Å². The molecule has 6 N–H and O–H groups in total. The molecule has 0 aliphatic heterocycles. The summed E-state index contributed by atoms with van der Waals surface area (Å²) >= 11 is 0. The Kier molecular flexibility index (Phi) is 14.5. The Bertz CT molecular complexity index is 1610.